The maximum Gasteiger partial charge on any atom is 0.337 e. The lowest BCUT2D eigenvalue weighted by atomic mass is 10.2. The van der Waals surface area contributed by atoms with Crippen LogP contribution < -0.4 is 5.63 Å². The van der Waals surface area contributed by atoms with Crippen LogP contribution in [0.2, 0.25) is 0 Å². The summed E-state index contributed by atoms with van der Waals surface area (Å²) < 4.78 is 9.84. The highest BCUT2D eigenvalue weighted by atomic mass is 16.4. The minimum absolute atomic E-state index is 0.174. The summed E-state index contributed by atoms with van der Waals surface area (Å²) in [6.45, 7) is 0. The van der Waals surface area contributed by atoms with E-state index in [0.29, 0.717) is 11.3 Å². The first-order chi connectivity index (χ1) is 7.08. The maximum atomic E-state index is 11.5. The van der Waals surface area contributed by atoms with Crippen LogP contribution >= 0.6 is 0 Å². The molecule has 0 unspecified atom stereocenters. The normalized spacial score (nSPS) is 10.5. The zero-order chi connectivity index (χ0) is 11.0. The summed E-state index contributed by atoms with van der Waals surface area (Å²) in [6, 6.07) is 2.81. The molecular weight excluding hydrogens is 198 g/mol. The van der Waals surface area contributed by atoms with Crippen LogP contribution in [0.5, 0.6) is 0 Å². The average Bonchev–Trinajstić information content (AvgIpc) is 2.55. The van der Waals surface area contributed by atoms with E-state index in [2.05, 4.69) is 0 Å². The third-order valence-electron chi connectivity index (χ3n) is 1.96. The topological polar surface area (TPSA) is 63.7 Å². The maximum absolute atomic E-state index is 11.5. The van der Waals surface area contributed by atoms with Crippen molar-refractivity contribution in [2.24, 2.45) is 0 Å². The molecule has 0 aliphatic carbocycles. The average molecular weight is 207 g/mol. The molecule has 0 aromatic heterocycles. The Morgan fingerprint density at radius 3 is 2.73 bits per heavy atom. The van der Waals surface area contributed by atoms with Gasteiger partial charge < -0.3 is 13.7 Å². The second-order valence-corrected chi connectivity index (χ2v) is 3.33. The Morgan fingerprint density at radius 1 is 1.33 bits per heavy atom. The Bertz CT molecular complexity index is 523. The molecule has 15 heavy (non-hydrogen) atoms. The van der Waals surface area contributed by atoms with Gasteiger partial charge in [-0.05, 0) is 6.07 Å². The lowest BCUT2D eigenvalue weighted by Crippen LogP contribution is -2.21. The number of hydrogen-bond acceptors (Lipinski definition) is 4. The molecule has 5 heteroatoms. The molecule has 2 heterocycles. The molecular formula is C10H9NO4. The fourth-order valence-electron chi connectivity index (χ4n) is 1.22. The van der Waals surface area contributed by atoms with Gasteiger partial charge in [0.25, 0.3) is 5.91 Å². The molecule has 0 aromatic rings. The standard InChI is InChI=1S/C10H9NO4/c1-11(2)10(13)7-3-6-4-9(12)15-8(6)5-14-7/h3-5H,1-2H3. The molecule has 0 aromatic carbocycles. The third-order valence-corrected chi connectivity index (χ3v) is 1.96. The molecule has 0 fully saturated rings. The van der Waals surface area contributed by atoms with E-state index in [1.54, 1.807) is 14.1 Å². The Labute approximate surface area is 85.2 Å². The van der Waals surface area contributed by atoms with Gasteiger partial charge in [-0.15, -0.1) is 0 Å². The van der Waals surface area contributed by atoms with Crippen molar-refractivity contribution in [1.82, 2.24) is 4.90 Å². The molecule has 2 aliphatic heterocycles. The van der Waals surface area contributed by atoms with Gasteiger partial charge in [-0.1, -0.05) is 0 Å². The van der Waals surface area contributed by atoms with Crippen LogP contribution in [-0.4, -0.2) is 24.9 Å². The number of carbonyl (C=O) groups excluding carboxylic acids is 1. The molecule has 0 saturated carbocycles. The van der Waals surface area contributed by atoms with Gasteiger partial charge in [0, 0.05) is 25.7 Å². The van der Waals surface area contributed by atoms with Crippen molar-refractivity contribution in [3.8, 4) is 11.3 Å². The van der Waals surface area contributed by atoms with Crippen molar-refractivity contribution in [2.45, 2.75) is 0 Å². The minimum Gasteiger partial charge on any atom is -0.455 e. The second-order valence-electron chi connectivity index (χ2n) is 3.33. The highest BCUT2D eigenvalue weighted by Crippen LogP contribution is 2.21. The number of hydrogen-bond donors (Lipinski definition) is 0. The van der Waals surface area contributed by atoms with E-state index in [-0.39, 0.29) is 11.7 Å². The predicted molar refractivity (Wildman–Crippen MR) is 51.9 cm³/mol. The fourth-order valence-corrected chi connectivity index (χ4v) is 1.22. The van der Waals surface area contributed by atoms with Crippen LogP contribution in [0.25, 0.3) is 11.3 Å². The molecule has 0 atom stereocenters. The van der Waals surface area contributed by atoms with Crippen molar-refractivity contribution >= 4 is 5.91 Å². The lowest BCUT2D eigenvalue weighted by Gasteiger charge is -2.09. The van der Waals surface area contributed by atoms with Gasteiger partial charge in [0.1, 0.15) is 6.26 Å². The number of rotatable bonds is 1. The highest BCUT2D eigenvalue weighted by Gasteiger charge is 2.16. The molecule has 78 valence electrons. The van der Waals surface area contributed by atoms with Crippen LogP contribution in [0.3, 0.4) is 0 Å². The third kappa shape index (κ3) is 1.63. The first kappa shape index (κ1) is 9.51. The molecule has 2 rings (SSSR count). The van der Waals surface area contributed by atoms with Crippen LogP contribution in [0.4, 0.5) is 0 Å². The van der Waals surface area contributed by atoms with Crippen LogP contribution in [0.15, 0.2) is 32.0 Å². The van der Waals surface area contributed by atoms with Crippen LogP contribution in [0.1, 0.15) is 10.6 Å². The van der Waals surface area contributed by atoms with Gasteiger partial charge in [0.15, 0.2) is 11.5 Å². The largest absolute Gasteiger partial charge is 0.455 e. The van der Waals surface area contributed by atoms with E-state index < -0.39 is 5.63 Å². The molecule has 0 spiro atoms. The van der Waals surface area contributed by atoms with Crippen LogP contribution in [0, 0.1) is 0 Å². The Hall–Kier alpha value is -2.04. The minimum atomic E-state index is -0.449. The summed E-state index contributed by atoms with van der Waals surface area (Å²) >= 11 is 0. The SMILES string of the molecule is CN(C)C(=O)c1cc2cc(=O)oc-2co1. The van der Waals surface area contributed by atoms with Crippen LogP contribution in [-0.2, 0) is 0 Å². The predicted octanol–water partition coefficient (Wildman–Crippen LogP) is 1.04. The summed E-state index contributed by atoms with van der Waals surface area (Å²) in [4.78, 5) is 23.8. The Morgan fingerprint density at radius 2 is 2.07 bits per heavy atom. The van der Waals surface area contributed by atoms with E-state index in [1.807, 2.05) is 0 Å². The van der Waals surface area contributed by atoms with Gasteiger partial charge in [-0.3, -0.25) is 4.79 Å². The molecule has 5 nitrogen and oxygen atoms in total. The number of furan rings is 1. The van der Waals surface area contributed by atoms with Gasteiger partial charge >= 0.3 is 5.63 Å². The van der Waals surface area contributed by atoms with E-state index >= 15 is 0 Å². The summed E-state index contributed by atoms with van der Waals surface area (Å²) in [5, 5.41) is 0. The number of nitrogens with zero attached hydrogens (tertiary/aromatic N) is 1. The molecule has 0 saturated heterocycles. The number of carbonyl (C=O) groups is 1. The van der Waals surface area contributed by atoms with Gasteiger partial charge in [-0.2, -0.15) is 0 Å². The molecule has 0 bridgehead atoms. The number of amides is 1. The molecule has 1 amide bonds. The van der Waals surface area contributed by atoms with Crippen molar-refractivity contribution in [3.05, 3.63) is 34.6 Å². The van der Waals surface area contributed by atoms with Gasteiger partial charge in [0.2, 0.25) is 0 Å². The van der Waals surface area contributed by atoms with E-state index in [1.165, 1.54) is 23.3 Å². The molecule has 0 radical (unpaired) electrons. The van der Waals surface area contributed by atoms with E-state index in [0.717, 1.165) is 0 Å². The van der Waals surface area contributed by atoms with Crippen molar-refractivity contribution in [2.75, 3.05) is 14.1 Å². The summed E-state index contributed by atoms with van der Waals surface area (Å²) in [5.41, 5.74) is 0.117. The molecule has 2 aliphatic rings. The van der Waals surface area contributed by atoms with Crippen molar-refractivity contribution < 1.29 is 13.6 Å². The zero-order valence-corrected chi connectivity index (χ0v) is 8.31. The fraction of sp³-hybridized carbons (Fsp3) is 0.200. The van der Waals surface area contributed by atoms with Crippen molar-refractivity contribution in [3.63, 3.8) is 0 Å². The second kappa shape index (κ2) is 3.27. The van der Waals surface area contributed by atoms with Gasteiger partial charge in [0.05, 0.1) is 0 Å². The summed E-state index contributed by atoms with van der Waals surface area (Å²) in [6.07, 6.45) is 1.26. The Kier molecular flexibility index (Phi) is 2.07. The highest BCUT2D eigenvalue weighted by molar-refractivity contribution is 5.92. The van der Waals surface area contributed by atoms with E-state index in [4.69, 9.17) is 8.83 Å². The quantitative estimate of drug-likeness (QED) is 0.700. The summed E-state index contributed by atoms with van der Waals surface area (Å²) in [5.74, 6) is 0.258. The van der Waals surface area contributed by atoms with Crippen molar-refractivity contribution in [1.29, 1.82) is 0 Å². The van der Waals surface area contributed by atoms with E-state index in [9.17, 15) is 9.59 Å². The number of fused-ring (bicyclic) bond motifs is 1. The first-order valence-electron chi connectivity index (χ1n) is 4.32. The smallest absolute Gasteiger partial charge is 0.337 e. The van der Waals surface area contributed by atoms with Gasteiger partial charge in [-0.25, -0.2) is 4.79 Å². The first-order valence-corrected chi connectivity index (χ1v) is 4.32. The summed E-state index contributed by atoms with van der Waals surface area (Å²) in [7, 11) is 3.24. The zero-order valence-electron chi connectivity index (χ0n) is 8.31. The molecule has 0 N–H and O–H groups in total. The monoisotopic (exact) mass is 207 g/mol. The Balaban J connectivity index is 2.52. The lowest BCUT2D eigenvalue weighted by molar-refractivity contribution is 0.0794.